The zero-order valence-electron chi connectivity index (χ0n) is 22.9. The van der Waals surface area contributed by atoms with Crippen molar-refractivity contribution in [3.05, 3.63) is 94.8 Å². The van der Waals surface area contributed by atoms with E-state index in [0.29, 0.717) is 13.0 Å². The highest BCUT2D eigenvalue weighted by Crippen LogP contribution is 2.39. The number of likely N-dealkylation sites (tertiary alicyclic amines) is 1. The molecule has 3 heterocycles. The van der Waals surface area contributed by atoms with E-state index in [1.54, 1.807) is 0 Å². The minimum absolute atomic E-state index is 0.216. The molecule has 206 valence electrons. The minimum atomic E-state index is 0.216. The topological polar surface area (TPSA) is 45.7 Å². The van der Waals surface area contributed by atoms with Gasteiger partial charge in [-0.05, 0) is 84.9 Å². The van der Waals surface area contributed by atoms with Crippen LogP contribution in [0.3, 0.4) is 0 Å². The maximum atomic E-state index is 13.1. The molecule has 0 atom stereocenters. The second-order valence-electron chi connectivity index (χ2n) is 11.2. The Hall–Kier alpha value is -2.89. The van der Waals surface area contributed by atoms with Crippen molar-refractivity contribution in [3.8, 4) is 5.75 Å². The Balaban J connectivity index is 1.25. The Morgan fingerprint density at radius 2 is 1.74 bits per heavy atom. The largest absolute Gasteiger partial charge is 0.492 e. The number of rotatable bonds is 5. The molecule has 1 saturated heterocycles. The molecular formula is C33H40ClN3O2. The first-order chi connectivity index (χ1) is 19.1. The monoisotopic (exact) mass is 545 g/mol. The van der Waals surface area contributed by atoms with Crippen LogP contribution >= 0.6 is 11.6 Å². The van der Waals surface area contributed by atoms with Crippen molar-refractivity contribution < 1.29 is 9.53 Å². The van der Waals surface area contributed by atoms with Gasteiger partial charge < -0.3 is 9.64 Å². The van der Waals surface area contributed by atoms with E-state index in [1.165, 1.54) is 24.0 Å². The highest BCUT2D eigenvalue weighted by atomic mass is 35.5. The third-order valence-corrected chi connectivity index (χ3v) is 8.70. The van der Waals surface area contributed by atoms with Gasteiger partial charge in [0.25, 0.3) is 0 Å². The van der Waals surface area contributed by atoms with E-state index >= 15 is 0 Å². The molecule has 1 spiro atoms. The van der Waals surface area contributed by atoms with Crippen molar-refractivity contribution in [1.29, 1.82) is 0 Å². The number of para-hydroxylation sites is 1. The first-order valence-corrected chi connectivity index (χ1v) is 14.8. The molecule has 0 bridgehead atoms. The van der Waals surface area contributed by atoms with Crippen LogP contribution < -0.4 is 4.74 Å². The maximum Gasteiger partial charge on any atom is 0.222 e. The number of amides is 1. The van der Waals surface area contributed by atoms with Crippen LogP contribution in [0.4, 0.5) is 0 Å². The lowest BCUT2D eigenvalue weighted by molar-refractivity contribution is -0.133. The minimum Gasteiger partial charge on any atom is -0.492 e. The number of benzene rings is 2. The maximum absolute atomic E-state index is 13.1. The lowest BCUT2D eigenvalue weighted by Crippen LogP contribution is -2.48. The van der Waals surface area contributed by atoms with Crippen LogP contribution in [-0.2, 0) is 24.2 Å². The lowest BCUT2D eigenvalue weighted by atomic mass is 9.73. The van der Waals surface area contributed by atoms with Gasteiger partial charge in [-0.2, -0.15) is 0 Å². The van der Waals surface area contributed by atoms with Gasteiger partial charge in [0.15, 0.2) is 0 Å². The molecule has 1 fully saturated rings. The summed E-state index contributed by atoms with van der Waals surface area (Å²) >= 11 is 6.01. The number of piperidine rings is 1. The zero-order valence-corrected chi connectivity index (χ0v) is 23.6. The highest BCUT2D eigenvalue weighted by Gasteiger charge is 2.37. The average molecular weight is 546 g/mol. The molecular weight excluding hydrogens is 506 g/mol. The van der Waals surface area contributed by atoms with Crippen LogP contribution in [0.2, 0.25) is 5.02 Å². The summed E-state index contributed by atoms with van der Waals surface area (Å²) in [5.74, 6) is 1.30. The number of hydrogen-bond donors (Lipinski definition) is 0. The summed E-state index contributed by atoms with van der Waals surface area (Å²) in [7, 11) is 0. The lowest BCUT2D eigenvalue weighted by Gasteiger charge is -2.45. The van der Waals surface area contributed by atoms with Crippen LogP contribution in [0.25, 0.3) is 0 Å². The Morgan fingerprint density at radius 1 is 0.923 bits per heavy atom. The predicted octanol–water partition coefficient (Wildman–Crippen LogP) is 6.58. The third-order valence-electron chi connectivity index (χ3n) is 8.45. The molecule has 2 aliphatic heterocycles. The van der Waals surface area contributed by atoms with Crippen molar-refractivity contribution in [2.24, 2.45) is 5.41 Å². The average Bonchev–Trinajstić information content (AvgIpc) is 2.96. The van der Waals surface area contributed by atoms with Crippen LogP contribution in [-0.4, -0.2) is 53.5 Å². The number of pyridine rings is 1. The summed E-state index contributed by atoms with van der Waals surface area (Å²) in [4.78, 5) is 22.1. The molecule has 5 rings (SSSR count). The van der Waals surface area contributed by atoms with Gasteiger partial charge in [-0.1, -0.05) is 54.4 Å². The second kappa shape index (κ2) is 13.5. The Kier molecular flexibility index (Phi) is 9.54. The fourth-order valence-corrected chi connectivity index (χ4v) is 6.29. The molecule has 1 aromatic heterocycles. The SMILES string of the molecule is O=C(CCc1ccc(Cl)cc1)N1CCC2(CCCCc3ccccc3OCCN(Cc3cccnc3)C2)CC1. The molecule has 0 saturated carbocycles. The van der Waals surface area contributed by atoms with Gasteiger partial charge in [0, 0.05) is 56.6 Å². The number of ether oxygens (including phenoxy) is 1. The molecule has 2 aromatic carbocycles. The van der Waals surface area contributed by atoms with E-state index in [-0.39, 0.29) is 11.3 Å². The number of carbonyl (C=O) groups is 1. The third kappa shape index (κ3) is 7.83. The van der Waals surface area contributed by atoms with Gasteiger partial charge >= 0.3 is 0 Å². The van der Waals surface area contributed by atoms with Gasteiger partial charge in [-0.3, -0.25) is 14.7 Å². The molecule has 0 aliphatic carbocycles. The van der Waals surface area contributed by atoms with E-state index in [4.69, 9.17) is 16.3 Å². The predicted molar refractivity (Wildman–Crippen MR) is 157 cm³/mol. The fraction of sp³-hybridized carbons (Fsp3) is 0.455. The molecule has 39 heavy (non-hydrogen) atoms. The summed E-state index contributed by atoms with van der Waals surface area (Å²) in [5, 5.41) is 0.733. The summed E-state index contributed by atoms with van der Waals surface area (Å²) in [6.07, 6.45) is 11.8. The van der Waals surface area contributed by atoms with Crippen LogP contribution in [0, 0.1) is 5.41 Å². The van der Waals surface area contributed by atoms with Crippen molar-refractivity contribution in [2.75, 3.05) is 32.8 Å². The summed E-state index contributed by atoms with van der Waals surface area (Å²) in [6.45, 7) is 5.13. The van der Waals surface area contributed by atoms with Gasteiger partial charge in [-0.25, -0.2) is 0 Å². The van der Waals surface area contributed by atoms with Gasteiger partial charge in [0.1, 0.15) is 12.4 Å². The van der Waals surface area contributed by atoms with Crippen LogP contribution in [0.15, 0.2) is 73.1 Å². The molecule has 3 aromatic rings. The molecule has 5 nitrogen and oxygen atoms in total. The van der Waals surface area contributed by atoms with Crippen molar-refractivity contribution in [1.82, 2.24) is 14.8 Å². The van der Waals surface area contributed by atoms with E-state index in [0.717, 1.165) is 81.2 Å². The van der Waals surface area contributed by atoms with Crippen molar-refractivity contribution in [3.63, 3.8) is 0 Å². The smallest absolute Gasteiger partial charge is 0.222 e. The number of fused-ring (bicyclic) bond motifs is 1. The molecule has 0 radical (unpaired) electrons. The molecule has 0 unspecified atom stereocenters. The fourth-order valence-electron chi connectivity index (χ4n) is 6.17. The number of aryl methyl sites for hydroxylation is 2. The van der Waals surface area contributed by atoms with E-state index in [1.807, 2.05) is 42.7 Å². The Bertz CT molecular complexity index is 1190. The van der Waals surface area contributed by atoms with Crippen LogP contribution in [0.1, 0.15) is 55.2 Å². The van der Waals surface area contributed by atoms with Crippen molar-refractivity contribution in [2.45, 2.75) is 57.9 Å². The van der Waals surface area contributed by atoms with Gasteiger partial charge in [0.05, 0.1) is 0 Å². The summed E-state index contributed by atoms with van der Waals surface area (Å²) < 4.78 is 6.30. The first-order valence-electron chi connectivity index (χ1n) is 14.4. The number of halogens is 1. The number of aromatic nitrogens is 1. The summed E-state index contributed by atoms with van der Waals surface area (Å²) in [6, 6.07) is 20.5. The van der Waals surface area contributed by atoms with E-state index in [9.17, 15) is 4.79 Å². The molecule has 2 aliphatic rings. The number of nitrogens with zero attached hydrogens (tertiary/aromatic N) is 3. The number of carbonyl (C=O) groups excluding carboxylic acids is 1. The summed E-state index contributed by atoms with van der Waals surface area (Å²) in [5.41, 5.74) is 3.92. The van der Waals surface area contributed by atoms with Gasteiger partial charge in [-0.15, -0.1) is 0 Å². The van der Waals surface area contributed by atoms with Gasteiger partial charge in [0.2, 0.25) is 5.91 Å². The second-order valence-corrected chi connectivity index (χ2v) is 11.7. The number of hydrogen-bond acceptors (Lipinski definition) is 4. The Labute approximate surface area is 238 Å². The molecule has 1 amide bonds. The highest BCUT2D eigenvalue weighted by molar-refractivity contribution is 6.30. The Morgan fingerprint density at radius 3 is 2.54 bits per heavy atom. The van der Waals surface area contributed by atoms with Crippen molar-refractivity contribution >= 4 is 17.5 Å². The standard InChI is InChI=1S/C33H40ClN3O2/c34-30-13-10-27(11-14-30)12-15-32(38)37-20-17-33(18-21-37)16-4-3-8-29-7-1-2-9-31(29)39-23-22-36(26-33)25-28-6-5-19-35-24-28/h1-2,5-7,9-11,13-14,19,24H,3-4,8,12,15-18,20-23,25-26H2. The van der Waals surface area contributed by atoms with E-state index in [2.05, 4.69) is 45.1 Å². The first kappa shape index (κ1) is 27.7. The molecule has 6 heteroatoms. The van der Waals surface area contributed by atoms with Crippen LogP contribution in [0.5, 0.6) is 5.75 Å². The normalized spacial score (nSPS) is 18.4. The van der Waals surface area contributed by atoms with E-state index < -0.39 is 0 Å². The quantitative estimate of drug-likeness (QED) is 0.363. The zero-order chi connectivity index (χ0) is 26.9. The molecule has 0 N–H and O–H groups in total.